The van der Waals surface area contributed by atoms with Gasteiger partial charge in [0.1, 0.15) is 5.52 Å². The molecule has 14 heavy (non-hydrogen) atoms. The first kappa shape index (κ1) is 9.74. The highest BCUT2D eigenvalue weighted by molar-refractivity contribution is 6.91. The Kier molecular flexibility index (Phi) is 2.16. The van der Waals surface area contributed by atoms with Gasteiger partial charge in [-0.3, -0.25) is 4.98 Å². The number of nitrogens with zero attached hydrogens (tertiary/aromatic N) is 1. The van der Waals surface area contributed by atoms with Gasteiger partial charge in [0.05, 0.1) is 8.07 Å². The zero-order chi connectivity index (χ0) is 10.3. The lowest BCUT2D eigenvalue weighted by molar-refractivity contribution is 0.619. The first-order valence-electron chi connectivity index (χ1n) is 4.53. The van der Waals surface area contributed by atoms with Crippen LogP contribution >= 0.6 is 11.6 Å². The number of halogens is 1. The molecule has 0 atom stereocenters. The molecule has 0 spiro atoms. The Balaban J connectivity index is 2.81. The van der Waals surface area contributed by atoms with Crippen molar-refractivity contribution >= 4 is 36.0 Å². The van der Waals surface area contributed by atoms with E-state index in [1.54, 1.807) is 6.20 Å². The molecule has 0 aliphatic heterocycles. The molecule has 0 fully saturated rings. The Morgan fingerprint density at radius 2 is 2.07 bits per heavy atom. The summed E-state index contributed by atoms with van der Waals surface area (Å²) < 4.78 is 5.46. The molecule has 0 saturated carbocycles. The number of furan rings is 1. The van der Waals surface area contributed by atoms with Gasteiger partial charge in [0.25, 0.3) is 0 Å². The van der Waals surface area contributed by atoms with E-state index >= 15 is 0 Å². The molecule has 2 rings (SSSR count). The van der Waals surface area contributed by atoms with E-state index in [2.05, 4.69) is 24.6 Å². The first-order chi connectivity index (χ1) is 6.50. The van der Waals surface area contributed by atoms with Crippen molar-refractivity contribution in [2.75, 3.05) is 0 Å². The van der Waals surface area contributed by atoms with Gasteiger partial charge in [-0.1, -0.05) is 19.6 Å². The third kappa shape index (κ3) is 1.46. The molecule has 2 aromatic rings. The lowest BCUT2D eigenvalue weighted by Crippen LogP contribution is -2.38. The van der Waals surface area contributed by atoms with Gasteiger partial charge >= 0.3 is 0 Å². The van der Waals surface area contributed by atoms with Crippen LogP contribution in [0, 0.1) is 0 Å². The van der Waals surface area contributed by atoms with Crippen molar-refractivity contribution in [2.45, 2.75) is 19.6 Å². The summed E-state index contributed by atoms with van der Waals surface area (Å²) in [4.78, 5) is 4.32. The van der Waals surface area contributed by atoms with Crippen molar-refractivity contribution in [3.05, 3.63) is 23.5 Å². The molecule has 2 nitrogen and oxygen atoms in total. The number of pyridine rings is 1. The van der Waals surface area contributed by atoms with Crippen LogP contribution < -0.4 is 5.19 Å². The number of aromatic nitrogens is 1. The SMILES string of the molecule is C[Si](C)(C)c1c(Cl)oc2cccnc12. The lowest BCUT2D eigenvalue weighted by atomic mass is 10.4. The highest BCUT2D eigenvalue weighted by atomic mass is 35.5. The van der Waals surface area contributed by atoms with E-state index in [9.17, 15) is 0 Å². The number of hydrogen-bond donors (Lipinski definition) is 0. The standard InChI is InChI=1S/C10H12ClNOSi/c1-14(2,3)9-8-7(13-10(9)11)5-4-6-12-8/h4-6H,1-3H3. The molecule has 2 heterocycles. The molecule has 0 unspecified atom stereocenters. The molecule has 0 radical (unpaired) electrons. The van der Waals surface area contributed by atoms with Gasteiger partial charge < -0.3 is 4.42 Å². The molecule has 74 valence electrons. The van der Waals surface area contributed by atoms with Gasteiger partial charge in [-0.15, -0.1) is 0 Å². The second-order valence-corrected chi connectivity index (χ2v) is 9.69. The molecule has 0 bridgehead atoms. The highest BCUT2D eigenvalue weighted by Crippen LogP contribution is 2.22. The molecule has 0 N–H and O–H groups in total. The first-order valence-corrected chi connectivity index (χ1v) is 8.41. The van der Waals surface area contributed by atoms with Crippen molar-refractivity contribution in [1.29, 1.82) is 0 Å². The molecular formula is C10H12ClNOSi. The summed E-state index contributed by atoms with van der Waals surface area (Å²) in [5.41, 5.74) is 1.71. The van der Waals surface area contributed by atoms with E-state index in [1.807, 2.05) is 12.1 Å². The summed E-state index contributed by atoms with van der Waals surface area (Å²) in [7, 11) is -1.48. The Morgan fingerprint density at radius 1 is 1.36 bits per heavy atom. The van der Waals surface area contributed by atoms with Crippen LogP contribution in [0.4, 0.5) is 0 Å². The van der Waals surface area contributed by atoms with Gasteiger partial charge in [-0.05, 0) is 23.7 Å². The third-order valence-electron chi connectivity index (χ3n) is 2.15. The van der Waals surface area contributed by atoms with E-state index < -0.39 is 8.07 Å². The summed E-state index contributed by atoms with van der Waals surface area (Å²) in [6, 6.07) is 3.76. The van der Waals surface area contributed by atoms with Gasteiger partial charge in [0.15, 0.2) is 10.8 Å². The summed E-state index contributed by atoms with van der Waals surface area (Å²) in [5.74, 6) is 0. The van der Waals surface area contributed by atoms with Crippen molar-refractivity contribution in [3.8, 4) is 0 Å². The Hall–Kier alpha value is -0.803. The molecule has 0 saturated heterocycles. The van der Waals surface area contributed by atoms with Crippen LogP contribution in [-0.2, 0) is 0 Å². The smallest absolute Gasteiger partial charge is 0.195 e. The second-order valence-electron chi connectivity index (χ2n) is 4.35. The van der Waals surface area contributed by atoms with E-state index in [0.29, 0.717) is 5.22 Å². The van der Waals surface area contributed by atoms with Gasteiger partial charge in [0.2, 0.25) is 0 Å². The van der Waals surface area contributed by atoms with E-state index in [1.165, 1.54) is 0 Å². The normalized spacial score (nSPS) is 12.3. The molecule has 2 aromatic heterocycles. The van der Waals surface area contributed by atoms with Crippen LogP contribution in [0.1, 0.15) is 0 Å². The topological polar surface area (TPSA) is 26.0 Å². The summed E-state index contributed by atoms with van der Waals surface area (Å²) in [6.07, 6.45) is 1.78. The van der Waals surface area contributed by atoms with Crippen LogP contribution in [0.25, 0.3) is 11.1 Å². The molecule has 0 aliphatic rings. The predicted octanol–water partition coefficient (Wildman–Crippen LogP) is 3.03. The van der Waals surface area contributed by atoms with Crippen molar-refractivity contribution in [3.63, 3.8) is 0 Å². The fraction of sp³-hybridized carbons (Fsp3) is 0.300. The second kappa shape index (κ2) is 3.10. The predicted molar refractivity (Wildman–Crippen MR) is 62.0 cm³/mol. The van der Waals surface area contributed by atoms with Crippen molar-refractivity contribution in [2.24, 2.45) is 0 Å². The highest BCUT2D eigenvalue weighted by Gasteiger charge is 2.26. The molecular weight excluding hydrogens is 214 g/mol. The lowest BCUT2D eigenvalue weighted by Gasteiger charge is -2.13. The Labute approximate surface area is 88.9 Å². The number of hydrogen-bond acceptors (Lipinski definition) is 2. The minimum Gasteiger partial charge on any atom is -0.443 e. The monoisotopic (exact) mass is 225 g/mol. The summed E-state index contributed by atoms with van der Waals surface area (Å²) >= 11 is 6.08. The van der Waals surface area contributed by atoms with Crippen LogP contribution in [0.3, 0.4) is 0 Å². The minimum absolute atomic E-state index is 0.512. The zero-order valence-electron chi connectivity index (χ0n) is 8.47. The molecule has 0 aliphatic carbocycles. The summed E-state index contributed by atoms with van der Waals surface area (Å²) in [6.45, 7) is 6.70. The third-order valence-corrected chi connectivity index (χ3v) is 4.54. The average molecular weight is 226 g/mol. The fourth-order valence-electron chi connectivity index (χ4n) is 1.55. The van der Waals surface area contributed by atoms with Gasteiger partial charge in [0, 0.05) is 11.4 Å². The van der Waals surface area contributed by atoms with Crippen LogP contribution in [0.2, 0.25) is 24.9 Å². The maximum absolute atomic E-state index is 6.08. The van der Waals surface area contributed by atoms with Crippen LogP contribution in [0.5, 0.6) is 0 Å². The van der Waals surface area contributed by atoms with E-state index in [0.717, 1.165) is 16.3 Å². The quantitative estimate of drug-likeness (QED) is 0.698. The van der Waals surface area contributed by atoms with Crippen LogP contribution in [0.15, 0.2) is 22.7 Å². The Bertz CT molecular complexity index is 472. The minimum atomic E-state index is -1.48. The maximum Gasteiger partial charge on any atom is 0.195 e. The molecule has 4 heteroatoms. The maximum atomic E-state index is 6.08. The van der Waals surface area contributed by atoms with Gasteiger partial charge in [-0.25, -0.2) is 0 Å². The van der Waals surface area contributed by atoms with Crippen LogP contribution in [-0.4, -0.2) is 13.1 Å². The van der Waals surface area contributed by atoms with Crippen molar-refractivity contribution in [1.82, 2.24) is 4.98 Å². The zero-order valence-corrected chi connectivity index (χ0v) is 10.2. The Morgan fingerprint density at radius 3 is 2.71 bits per heavy atom. The number of fused-ring (bicyclic) bond motifs is 1. The van der Waals surface area contributed by atoms with E-state index in [-0.39, 0.29) is 0 Å². The van der Waals surface area contributed by atoms with Gasteiger partial charge in [-0.2, -0.15) is 0 Å². The van der Waals surface area contributed by atoms with E-state index in [4.69, 9.17) is 16.0 Å². The molecule has 0 amide bonds. The molecule has 0 aromatic carbocycles. The number of rotatable bonds is 1. The average Bonchev–Trinajstić information content (AvgIpc) is 2.38. The summed E-state index contributed by atoms with van der Waals surface area (Å²) in [5, 5.41) is 1.63. The fourth-order valence-corrected chi connectivity index (χ4v) is 4.11. The largest absolute Gasteiger partial charge is 0.443 e. The van der Waals surface area contributed by atoms with Crippen molar-refractivity contribution < 1.29 is 4.42 Å².